The maximum Gasteiger partial charge on any atom is 0.325 e. The number of nitrogens with zero attached hydrogens (tertiary/aromatic N) is 3. The van der Waals surface area contributed by atoms with Crippen molar-refractivity contribution in [3.63, 3.8) is 0 Å². The van der Waals surface area contributed by atoms with Gasteiger partial charge >= 0.3 is 6.03 Å². The average molecular weight is 484 g/mol. The molecule has 0 fully saturated rings. The van der Waals surface area contributed by atoms with E-state index in [0.717, 1.165) is 24.3 Å². The minimum absolute atomic E-state index is 0.00867. The van der Waals surface area contributed by atoms with Crippen molar-refractivity contribution in [1.29, 1.82) is 0 Å². The normalized spacial score (nSPS) is 11.0. The maximum atomic E-state index is 14.8. The highest BCUT2D eigenvalue weighted by Crippen LogP contribution is 2.37. The van der Waals surface area contributed by atoms with Gasteiger partial charge in [-0.25, -0.2) is 32.2 Å². The van der Waals surface area contributed by atoms with Crippen molar-refractivity contribution in [2.24, 2.45) is 5.73 Å². The third kappa shape index (κ3) is 4.60. The number of urea groups is 1. The molecule has 10 heteroatoms. The number of rotatable bonds is 6. The van der Waals surface area contributed by atoms with Crippen LogP contribution in [0.5, 0.6) is 0 Å². The van der Waals surface area contributed by atoms with Crippen LogP contribution in [0.25, 0.3) is 22.0 Å². The van der Waals surface area contributed by atoms with E-state index in [1.54, 1.807) is 30.1 Å². The van der Waals surface area contributed by atoms with Crippen LogP contribution >= 0.6 is 0 Å². The number of nitrogens with two attached hydrogens (primary N) is 1. The van der Waals surface area contributed by atoms with Crippen molar-refractivity contribution < 1.29 is 27.5 Å². The van der Waals surface area contributed by atoms with Crippen LogP contribution in [0.3, 0.4) is 0 Å². The first-order valence-electron chi connectivity index (χ1n) is 10.5. The molecule has 0 aliphatic carbocycles. The molecule has 0 spiro atoms. The Hall–Kier alpha value is -4.18. The molecule has 1 heterocycles. The van der Waals surface area contributed by atoms with E-state index in [1.807, 2.05) is 0 Å². The molecule has 0 saturated heterocycles. The lowest BCUT2D eigenvalue weighted by Gasteiger charge is -2.23. The molecule has 0 bridgehead atoms. The molecule has 0 radical (unpaired) electrons. The van der Waals surface area contributed by atoms with Crippen molar-refractivity contribution in [1.82, 2.24) is 4.98 Å². The number of para-hydroxylation sites is 1. The minimum atomic E-state index is -1.22. The van der Waals surface area contributed by atoms with Gasteiger partial charge < -0.3 is 15.7 Å². The minimum Gasteiger partial charge on any atom is -0.395 e. The number of aliphatic hydroxyl groups excluding tert-OH is 1. The first kappa shape index (κ1) is 24.0. The standard InChI is InChI=1S/C25H20F4N4O2/c1-32(9-10-34)16-6-8-17-14(11-16)12-22(31-23(17)18-7-5-15(26)13-21(18)29)33(25(30)35)24-19(27)3-2-4-20(24)28/h2-8,11-13,34H,9-10H2,1H3,(H2,30,35). The van der Waals surface area contributed by atoms with E-state index in [0.29, 0.717) is 34.0 Å². The van der Waals surface area contributed by atoms with Crippen LogP contribution in [0.2, 0.25) is 0 Å². The van der Waals surface area contributed by atoms with Crippen LogP contribution in [0, 0.1) is 23.3 Å². The number of benzene rings is 3. The van der Waals surface area contributed by atoms with Gasteiger partial charge in [-0.05, 0) is 47.9 Å². The number of hydrogen-bond acceptors (Lipinski definition) is 4. The summed E-state index contributed by atoms with van der Waals surface area (Å²) in [5.74, 6) is -4.10. The fourth-order valence-electron chi connectivity index (χ4n) is 3.79. The predicted octanol–water partition coefficient (Wildman–Crippen LogP) is 5.10. The number of aromatic nitrogens is 1. The molecular formula is C25H20F4N4O2. The van der Waals surface area contributed by atoms with Crippen molar-refractivity contribution in [3.8, 4) is 11.3 Å². The Morgan fingerprint density at radius 3 is 2.31 bits per heavy atom. The summed E-state index contributed by atoms with van der Waals surface area (Å²) < 4.78 is 57.5. The van der Waals surface area contributed by atoms with Gasteiger partial charge in [0.25, 0.3) is 0 Å². The Labute approximate surface area is 197 Å². The number of halogens is 4. The molecule has 0 saturated carbocycles. The Kier molecular flexibility index (Phi) is 6.57. The molecule has 6 nitrogen and oxygen atoms in total. The number of fused-ring (bicyclic) bond motifs is 1. The van der Waals surface area contributed by atoms with E-state index in [-0.39, 0.29) is 23.7 Å². The van der Waals surface area contributed by atoms with E-state index < -0.39 is 35.0 Å². The summed E-state index contributed by atoms with van der Waals surface area (Å²) in [5.41, 5.74) is 5.33. The summed E-state index contributed by atoms with van der Waals surface area (Å²) in [6.07, 6.45) is 0. The lowest BCUT2D eigenvalue weighted by Crippen LogP contribution is -2.33. The van der Waals surface area contributed by atoms with Gasteiger partial charge in [0.2, 0.25) is 0 Å². The highest BCUT2D eigenvalue weighted by molar-refractivity contribution is 6.03. The molecule has 0 aliphatic rings. The summed E-state index contributed by atoms with van der Waals surface area (Å²) in [6.45, 7) is 0.209. The molecule has 0 unspecified atom stereocenters. The van der Waals surface area contributed by atoms with E-state index in [2.05, 4.69) is 4.98 Å². The summed E-state index contributed by atoms with van der Waals surface area (Å²) >= 11 is 0. The number of anilines is 3. The van der Waals surface area contributed by atoms with Crippen LogP contribution < -0.4 is 15.5 Å². The van der Waals surface area contributed by atoms with Crippen molar-refractivity contribution >= 4 is 34.0 Å². The van der Waals surface area contributed by atoms with Crippen molar-refractivity contribution in [2.75, 3.05) is 30.0 Å². The van der Waals surface area contributed by atoms with E-state index >= 15 is 0 Å². The van der Waals surface area contributed by atoms with Crippen LogP contribution in [0.1, 0.15) is 0 Å². The molecule has 4 rings (SSSR count). The van der Waals surface area contributed by atoms with Gasteiger partial charge in [0.15, 0.2) is 0 Å². The molecule has 2 amide bonds. The Morgan fingerprint density at radius 2 is 1.69 bits per heavy atom. The van der Waals surface area contributed by atoms with Gasteiger partial charge in [0.05, 0.1) is 12.3 Å². The smallest absolute Gasteiger partial charge is 0.325 e. The number of likely N-dealkylation sites (N-methyl/N-ethyl adjacent to an activating group) is 1. The van der Waals surface area contributed by atoms with Gasteiger partial charge in [0.1, 0.15) is 34.8 Å². The zero-order valence-electron chi connectivity index (χ0n) is 18.5. The number of carbonyl (C=O) groups is 1. The van der Waals surface area contributed by atoms with Gasteiger partial charge in [-0.3, -0.25) is 0 Å². The molecule has 4 aromatic rings. The molecular weight excluding hydrogens is 464 g/mol. The highest BCUT2D eigenvalue weighted by atomic mass is 19.1. The molecule has 1 aromatic heterocycles. The quantitative estimate of drug-likeness (QED) is 0.373. The zero-order valence-corrected chi connectivity index (χ0v) is 18.5. The summed E-state index contributed by atoms with van der Waals surface area (Å²) in [6, 6.07) is 11.1. The number of pyridine rings is 1. The van der Waals surface area contributed by atoms with Crippen LogP contribution in [-0.2, 0) is 0 Å². The average Bonchev–Trinajstić information content (AvgIpc) is 2.80. The fourth-order valence-corrected chi connectivity index (χ4v) is 3.79. The maximum absolute atomic E-state index is 14.8. The first-order valence-corrected chi connectivity index (χ1v) is 10.5. The van der Waals surface area contributed by atoms with Gasteiger partial charge in [-0.2, -0.15) is 0 Å². The van der Waals surface area contributed by atoms with E-state index in [4.69, 9.17) is 5.73 Å². The van der Waals surface area contributed by atoms with Crippen LogP contribution in [0.4, 0.5) is 39.5 Å². The molecule has 3 N–H and O–H groups in total. The highest BCUT2D eigenvalue weighted by Gasteiger charge is 2.26. The number of hydrogen-bond donors (Lipinski definition) is 2. The lowest BCUT2D eigenvalue weighted by molar-refractivity contribution is 0.255. The summed E-state index contributed by atoms with van der Waals surface area (Å²) in [4.78, 5) is 19.0. The second-order valence-electron chi connectivity index (χ2n) is 7.75. The largest absolute Gasteiger partial charge is 0.395 e. The van der Waals surface area contributed by atoms with Gasteiger partial charge in [-0.15, -0.1) is 0 Å². The van der Waals surface area contributed by atoms with Crippen molar-refractivity contribution in [2.45, 2.75) is 0 Å². The third-order valence-electron chi connectivity index (χ3n) is 5.47. The monoisotopic (exact) mass is 484 g/mol. The first-order chi connectivity index (χ1) is 16.7. The second-order valence-corrected chi connectivity index (χ2v) is 7.75. The second kappa shape index (κ2) is 9.59. The van der Waals surface area contributed by atoms with Crippen LogP contribution in [0.15, 0.2) is 60.7 Å². The predicted molar refractivity (Wildman–Crippen MR) is 126 cm³/mol. The lowest BCUT2D eigenvalue weighted by atomic mass is 10.0. The molecule has 180 valence electrons. The number of primary amides is 1. The topological polar surface area (TPSA) is 82.7 Å². The molecule has 35 heavy (non-hydrogen) atoms. The molecule has 0 atom stereocenters. The molecule has 0 aliphatic heterocycles. The SMILES string of the molecule is CN(CCO)c1ccc2c(-c3ccc(F)cc3F)nc(N(C(N)=O)c3c(F)cccc3F)cc2c1. The summed E-state index contributed by atoms with van der Waals surface area (Å²) in [5, 5.41) is 10.1. The fraction of sp³-hybridized carbons (Fsp3) is 0.120. The molecule has 3 aromatic carbocycles. The number of amides is 2. The Bertz CT molecular complexity index is 1410. The Balaban J connectivity index is 2.03. The zero-order chi connectivity index (χ0) is 25.3. The Morgan fingerprint density at radius 1 is 0.971 bits per heavy atom. The van der Waals surface area contributed by atoms with E-state index in [1.165, 1.54) is 12.1 Å². The van der Waals surface area contributed by atoms with Crippen LogP contribution in [-0.4, -0.2) is 36.3 Å². The van der Waals surface area contributed by atoms with Crippen molar-refractivity contribution in [3.05, 3.63) is 83.9 Å². The number of aliphatic hydroxyl groups is 1. The summed E-state index contributed by atoms with van der Waals surface area (Å²) in [7, 11) is 1.74. The van der Waals surface area contributed by atoms with Gasteiger partial charge in [-0.1, -0.05) is 12.1 Å². The third-order valence-corrected chi connectivity index (χ3v) is 5.47. The number of carbonyl (C=O) groups excluding carboxylic acids is 1. The van der Waals surface area contributed by atoms with E-state index in [9.17, 15) is 27.5 Å². The van der Waals surface area contributed by atoms with Gasteiger partial charge in [0, 0.05) is 36.3 Å².